The molecule has 6 heteroatoms. The molecule has 0 aromatic heterocycles. The largest absolute Gasteiger partial charge is 0.368 e. The Balaban J connectivity index is 1.48. The van der Waals surface area contributed by atoms with E-state index in [0.29, 0.717) is 18.7 Å². The highest BCUT2D eigenvalue weighted by Gasteiger charge is 2.23. The number of benzene rings is 2. The van der Waals surface area contributed by atoms with E-state index in [9.17, 15) is 14.4 Å². The number of rotatable bonds is 5. The van der Waals surface area contributed by atoms with Crippen LogP contribution in [-0.4, -0.2) is 55.2 Å². The lowest BCUT2D eigenvalue weighted by Gasteiger charge is -2.36. The van der Waals surface area contributed by atoms with Gasteiger partial charge in [0.2, 0.25) is 11.7 Å². The number of ketones is 1. The van der Waals surface area contributed by atoms with Crippen LogP contribution >= 0.6 is 0 Å². The average Bonchev–Trinajstić information content (AvgIpc) is 2.74. The van der Waals surface area contributed by atoms with Crippen LogP contribution in [-0.2, 0) is 9.59 Å². The molecule has 1 heterocycles. The van der Waals surface area contributed by atoms with E-state index in [0.717, 1.165) is 29.9 Å². The lowest BCUT2D eigenvalue weighted by Crippen LogP contribution is -2.51. The summed E-state index contributed by atoms with van der Waals surface area (Å²) >= 11 is 0. The molecule has 152 valence electrons. The molecule has 2 aromatic rings. The summed E-state index contributed by atoms with van der Waals surface area (Å²) in [7, 11) is 0. The summed E-state index contributed by atoms with van der Waals surface area (Å²) in [6.07, 6.45) is 0. The third-order valence-electron chi connectivity index (χ3n) is 5.41. The van der Waals surface area contributed by atoms with Gasteiger partial charge >= 0.3 is 0 Å². The number of hydrogen-bond acceptors (Lipinski definition) is 4. The topological polar surface area (TPSA) is 69.7 Å². The average molecular weight is 393 g/mol. The van der Waals surface area contributed by atoms with Crippen molar-refractivity contribution in [3.8, 4) is 0 Å². The van der Waals surface area contributed by atoms with Crippen LogP contribution in [0.1, 0.15) is 27.0 Å². The van der Waals surface area contributed by atoms with E-state index >= 15 is 0 Å². The zero-order chi connectivity index (χ0) is 21.0. The van der Waals surface area contributed by atoms with Gasteiger partial charge in [0.25, 0.3) is 5.91 Å². The first-order valence-corrected chi connectivity index (χ1v) is 9.84. The highest BCUT2D eigenvalue weighted by atomic mass is 16.2. The molecule has 2 aromatic carbocycles. The highest BCUT2D eigenvalue weighted by Crippen LogP contribution is 2.17. The molecule has 0 saturated carbocycles. The number of carbonyl (C=O) groups excluding carboxylic acids is 3. The molecular formula is C23H27N3O3. The first-order valence-electron chi connectivity index (χ1n) is 9.84. The Bertz CT molecular complexity index is 913. The van der Waals surface area contributed by atoms with Crippen molar-refractivity contribution in [2.45, 2.75) is 20.8 Å². The number of nitrogens with one attached hydrogen (secondary N) is 1. The van der Waals surface area contributed by atoms with Crippen LogP contribution in [0.3, 0.4) is 0 Å². The number of amides is 2. The molecule has 0 bridgehead atoms. The number of hydrogen-bond donors (Lipinski definition) is 1. The highest BCUT2D eigenvalue weighted by molar-refractivity contribution is 6.43. The molecule has 1 N–H and O–H groups in total. The Labute approximate surface area is 171 Å². The Morgan fingerprint density at radius 2 is 1.52 bits per heavy atom. The van der Waals surface area contributed by atoms with Gasteiger partial charge in [-0.2, -0.15) is 0 Å². The lowest BCUT2D eigenvalue weighted by molar-refractivity contribution is -0.132. The van der Waals surface area contributed by atoms with Crippen molar-refractivity contribution >= 4 is 23.3 Å². The van der Waals surface area contributed by atoms with Crippen molar-refractivity contribution in [1.29, 1.82) is 0 Å². The van der Waals surface area contributed by atoms with E-state index < -0.39 is 11.7 Å². The molecule has 0 atom stereocenters. The van der Waals surface area contributed by atoms with Gasteiger partial charge in [-0.1, -0.05) is 29.8 Å². The molecule has 1 saturated heterocycles. The summed E-state index contributed by atoms with van der Waals surface area (Å²) in [5, 5.41) is 2.47. The maximum Gasteiger partial charge on any atom is 0.292 e. The molecule has 1 aliphatic heterocycles. The molecular weight excluding hydrogens is 366 g/mol. The van der Waals surface area contributed by atoms with Crippen molar-refractivity contribution in [2.24, 2.45) is 0 Å². The second kappa shape index (κ2) is 8.90. The number of carbonyl (C=O) groups is 3. The molecule has 2 amide bonds. The van der Waals surface area contributed by atoms with Gasteiger partial charge in [-0.3, -0.25) is 14.4 Å². The van der Waals surface area contributed by atoms with Gasteiger partial charge in [0.1, 0.15) is 0 Å². The van der Waals surface area contributed by atoms with E-state index in [1.807, 2.05) is 19.9 Å². The monoisotopic (exact) mass is 393 g/mol. The van der Waals surface area contributed by atoms with Crippen LogP contribution in [0.2, 0.25) is 0 Å². The summed E-state index contributed by atoms with van der Waals surface area (Å²) in [6.45, 7) is 8.39. The first kappa shape index (κ1) is 20.6. The van der Waals surface area contributed by atoms with Crippen LogP contribution in [0.4, 0.5) is 5.69 Å². The quantitative estimate of drug-likeness (QED) is 0.625. The van der Waals surface area contributed by atoms with Crippen molar-refractivity contribution in [3.05, 3.63) is 64.7 Å². The molecule has 0 spiro atoms. The van der Waals surface area contributed by atoms with Crippen LogP contribution < -0.4 is 10.2 Å². The van der Waals surface area contributed by atoms with Gasteiger partial charge in [0.05, 0.1) is 6.54 Å². The van der Waals surface area contributed by atoms with Gasteiger partial charge in [-0.15, -0.1) is 0 Å². The zero-order valence-corrected chi connectivity index (χ0v) is 17.2. The molecule has 1 fully saturated rings. The number of piperazine rings is 1. The van der Waals surface area contributed by atoms with Crippen LogP contribution in [0.25, 0.3) is 0 Å². The molecule has 3 rings (SSSR count). The number of nitrogens with zero attached hydrogens (tertiary/aromatic N) is 2. The van der Waals surface area contributed by atoms with Crippen LogP contribution in [0.15, 0.2) is 42.5 Å². The van der Waals surface area contributed by atoms with Crippen LogP contribution in [0.5, 0.6) is 0 Å². The summed E-state index contributed by atoms with van der Waals surface area (Å²) in [6, 6.07) is 13.5. The second-order valence-electron chi connectivity index (χ2n) is 7.51. The van der Waals surface area contributed by atoms with Crippen LogP contribution in [0, 0.1) is 20.8 Å². The molecule has 0 unspecified atom stereocenters. The second-order valence-corrected chi connectivity index (χ2v) is 7.51. The van der Waals surface area contributed by atoms with Crippen molar-refractivity contribution in [2.75, 3.05) is 37.6 Å². The number of Topliss-reactive ketones (excluding diaryl/α,β-unsaturated/α-hetero) is 1. The Morgan fingerprint density at radius 3 is 2.14 bits per heavy atom. The fourth-order valence-electron chi connectivity index (χ4n) is 3.33. The summed E-state index contributed by atoms with van der Waals surface area (Å²) in [5.74, 6) is -1.54. The minimum absolute atomic E-state index is 0.167. The van der Waals surface area contributed by atoms with Crippen molar-refractivity contribution in [3.63, 3.8) is 0 Å². The third-order valence-corrected chi connectivity index (χ3v) is 5.41. The Kier molecular flexibility index (Phi) is 6.32. The van der Waals surface area contributed by atoms with Gasteiger partial charge in [0.15, 0.2) is 0 Å². The predicted molar refractivity (Wildman–Crippen MR) is 113 cm³/mol. The van der Waals surface area contributed by atoms with Gasteiger partial charge in [0, 0.05) is 37.4 Å². The lowest BCUT2D eigenvalue weighted by atomic mass is 10.0. The number of anilines is 1. The summed E-state index contributed by atoms with van der Waals surface area (Å²) < 4.78 is 0. The van der Waals surface area contributed by atoms with E-state index in [1.54, 1.807) is 17.0 Å². The normalized spacial score (nSPS) is 13.9. The molecule has 6 nitrogen and oxygen atoms in total. The molecule has 0 aliphatic carbocycles. The third kappa shape index (κ3) is 5.02. The minimum Gasteiger partial charge on any atom is -0.368 e. The summed E-state index contributed by atoms with van der Waals surface area (Å²) in [5.41, 5.74) is 4.71. The van der Waals surface area contributed by atoms with E-state index in [4.69, 9.17) is 0 Å². The van der Waals surface area contributed by atoms with Gasteiger partial charge < -0.3 is 15.1 Å². The zero-order valence-electron chi connectivity index (χ0n) is 17.2. The minimum atomic E-state index is -0.750. The standard InChI is InChI=1S/C23H27N3O3/c1-16-4-8-20(9-5-16)25-10-12-26(13-11-25)21(27)15-24-23(29)22(28)19-7-6-17(2)18(3)14-19/h4-9,14H,10-13,15H2,1-3H3,(H,24,29). The van der Waals surface area contributed by atoms with E-state index in [1.165, 1.54) is 5.56 Å². The maximum atomic E-state index is 12.4. The molecule has 0 radical (unpaired) electrons. The number of aryl methyl sites for hydroxylation is 3. The molecule has 29 heavy (non-hydrogen) atoms. The fraction of sp³-hybridized carbons (Fsp3) is 0.348. The SMILES string of the molecule is Cc1ccc(N2CCN(C(=O)CNC(=O)C(=O)c3ccc(C)c(C)c3)CC2)cc1. The first-order chi connectivity index (χ1) is 13.8. The Hall–Kier alpha value is -3.15. The van der Waals surface area contributed by atoms with E-state index in [2.05, 4.69) is 41.4 Å². The van der Waals surface area contributed by atoms with Gasteiger partial charge in [-0.25, -0.2) is 0 Å². The van der Waals surface area contributed by atoms with Crippen molar-refractivity contribution in [1.82, 2.24) is 10.2 Å². The van der Waals surface area contributed by atoms with E-state index in [-0.39, 0.29) is 12.5 Å². The maximum absolute atomic E-state index is 12.4. The Morgan fingerprint density at radius 1 is 0.862 bits per heavy atom. The van der Waals surface area contributed by atoms with Crippen molar-refractivity contribution < 1.29 is 14.4 Å². The smallest absolute Gasteiger partial charge is 0.292 e. The predicted octanol–water partition coefficient (Wildman–Crippen LogP) is 2.26. The fourth-order valence-corrected chi connectivity index (χ4v) is 3.33. The molecule has 1 aliphatic rings. The van der Waals surface area contributed by atoms with Gasteiger partial charge in [-0.05, 0) is 50.1 Å². The summed E-state index contributed by atoms with van der Waals surface area (Å²) in [4.78, 5) is 40.8.